The maximum absolute atomic E-state index is 2.28. The number of rotatable bonds is 0. The van der Waals surface area contributed by atoms with Gasteiger partial charge in [-0.3, -0.25) is 0 Å². The topological polar surface area (TPSA) is 0 Å². The summed E-state index contributed by atoms with van der Waals surface area (Å²) in [7, 11) is 0. The first-order chi connectivity index (χ1) is 4.55. The quantitative estimate of drug-likeness (QED) is 0.500. The molecule has 0 spiro atoms. The minimum absolute atomic E-state index is 0. The van der Waals surface area contributed by atoms with Crippen LogP contribution < -0.4 is 0 Å². The van der Waals surface area contributed by atoms with Crippen LogP contribution in [0.1, 0.15) is 34.6 Å². The van der Waals surface area contributed by atoms with Gasteiger partial charge in [-0.15, -0.1) is 0 Å². The van der Waals surface area contributed by atoms with Gasteiger partial charge in [0, 0.05) is 0 Å². The van der Waals surface area contributed by atoms with Crippen molar-refractivity contribution in [3.8, 4) is 0 Å². The third kappa shape index (κ3) is 1.91. The fourth-order valence-corrected chi connectivity index (χ4v) is 1.57. The first-order valence-corrected chi connectivity index (χ1v) is 3.90. The van der Waals surface area contributed by atoms with Crippen molar-refractivity contribution >= 4 is 37.7 Å². The summed E-state index contributed by atoms with van der Waals surface area (Å²) in [6, 6.07) is 0. The fraction of sp³-hybridized carbons (Fsp3) is 0.600. The summed E-state index contributed by atoms with van der Waals surface area (Å²) in [5.41, 5.74) is 6.11. The molecular formula is C10H18Ca. The summed E-state index contributed by atoms with van der Waals surface area (Å²) >= 11 is 0. The third-order valence-electron chi connectivity index (χ3n) is 3.04. The van der Waals surface area contributed by atoms with Gasteiger partial charge < -0.3 is 0 Å². The van der Waals surface area contributed by atoms with Gasteiger partial charge in [0.15, 0.2) is 0 Å². The van der Waals surface area contributed by atoms with Crippen LogP contribution in [0.4, 0.5) is 0 Å². The van der Waals surface area contributed by atoms with E-state index in [9.17, 15) is 0 Å². The molecule has 60 valence electrons. The minimum atomic E-state index is 0. The molecule has 0 aromatic heterocycles. The second kappa shape index (κ2) is 4.11. The summed E-state index contributed by atoms with van der Waals surface area (Å²) in [6.07, 6.45) is 0. The SMILES string of the molecule is CC1=C(C)C(C)C(C)=C1C.[CaH2]. The molecule has 1 rings (SSSR count). The summed E-state index contributed by atoms with van der Waals surface area (Å²) in [6.45, 7) is 11.2. The van der Waals surface area contributed by atoms with Crippen molar-refractivity contribution in [1.29, 1.82) is 0 Å². The van der Waals surface area contributed by atoms with Gasteiger partial charge >= 0.3 is 37.7 Å². The normalized spacial score (nSPS) is 19.4. The van der Waals surface area contributed by atoms with Crippen LogP contribution in [0.2, 0.25) is 0 Å². The summed E-state index contributed by atoms with van der Waals surface area (Å²) in [4.78, 5) is 0. The Bertz CT molecular complexity index is 197. The first-order valence-electron chi connectivity index (χ1n) is 3.90. The van der Waals surface area contributed by atoms with Crippen LogP contribution in [0.3, 0.4) is 0 Å². The van der Waals surface area contributed by atoms with E-state index in [0.717, 1.165) is 0 Å². The van der Waals surface area contributed by atoms with Crippen molar-refractivity contribution in [2.75, 3.05) is 0 Å². The summed E-state index contributed by atoms with van der Waals surface area (Å²) in [5, 5.41) is 0. The molecule has 0 saturated carbocycles. The molecule has 0 aromatic rings. The van der Waals surface area contributed by atoms with E-state index in [-0.39, 0.29) is 37.7 Å². The van der Waals surface area contributed by atoms with Crippen LogP contribution in [0.5, 0.6) is 0 Å². The number of hydrogen-bond donors (Lipinski definition) is 0. The Hall–Kier alpha value is 0.740. The third-order valence-corrected chi connectivity index (χ3v) is 3.04. The van der Waals surface area contributed by atoms with Crippen molar-refractivity contribution in [2.24, 2.45) is 5.92 Å². The van der Waals surface area contributed by atoms with E-state index in [0.29, 0.717) is 5.92 Å². The molecule has 1 heteroatoms. The van der Waals surface area contributed by atoms with Crippen molar-refractivity contribution in [1.82, 2.24) is 0 Å². The van der Waals surface area contributed by atoms with Gasteiger partial charge in [-0.25, -0.2) is 0 Å². The Balaban J connectivity index is 0.000001000. The molecular weight excluding hydrogens is 160 g/mol. The van der Waals surface area contributed by atoms with E-state index in [1.54, 1.807) is 11.1 Å². The van der Waals surface area contributed by atoms with Gasteiger partial charge in [-0.05, 0) is 44.8 Å². The molecule has 0 aromatic carbocycles. The molecule has 0 nitrogen and oxygen atoms in total. The van der Waals surface area contributed by atoms with Gasteiger partial charge in [0.05, 0.1) is 0 Å². The molecule has 1 aliphatic rings. The van der Waals surface area contributed by atoms with E-state index in [2.05, 4.69) is 34.6 Å². The monoisotopic (exact) mass is 178 g/mol. The van der Waals surface area contributed by atoms with E-state index in [1.807, 2.05) is 0 Å². The second-order valence-corrected chi connectivity index (χ2v) is 3.34. The van der Waals surface area contributed by atoms with E-state index in [4.69, 9.17) is 0 Å². The van der Waals surface area contributed by atoms with Crippen molar-refractivity contribution in [3.63, 3.8) is 0 Å². The zero-order valence-electron chi connectivity index (χ0n) is 7.58. The van der Waals surface area contributed by atoms with Gasteiger partial charge in [-0.2, -0.15) is 0 Å². The average Bonchev–Trinajstić information content (AvgIpc) is 2.07. The van der Waals surface area contributed by atoms with Gasteiger partial charge in [0.25, 0.3) is 0 Å². The predicted octanol–water partition coefficient (Wildman–Crippen LogP) is 2.39. The molecule has 0 unspecified atom stereocenters. The summed E-state index contributed by atoms with van der Waals surface area (Å²) in [5.74, 6) is 0.694. The Labute approximate surface area is 99.8 Å². The number of hydrogen-bond acceptors (Lipinski definition) is 0. The van der Waals surface area contributed by atoms with Crippen LogP contribution in [-0.4, -0.2) is 37.7 Å². The Morgan fingerprint density at radius 1 is 0.818 bits per heavy atom. The molecule has 1 aliphatic carbocycles. The van der Waals surface area contributed by atoms with E-state index in [1.165, 1.54) is 11.1 Å². The molecule has 0 aliphatic heterocycles. The average molecular weight is 178 g/mol. The zero-order chi connectivity index (χ0) is 7.89. The van der Waals surface area contributed by atoms with Gasteiger partial charge in [0.2, 0.25) is 0 Å². The van der Waals surface area contributed by atoms with E-state index < -0.39 is 0 Å². The predicted molar refractivity (Wildman–Crippen MR) is 54.5 cm³/mol. The Morgan fingerprint density at radius 2 is 1.09 bits per heavy atom. The van der Waals surface area contributed by atoms with Gasteiger partial charge in [0.1, 0.15) is 0 Å². The van der Waals surface area contributed by atoms with Crippen LogP contribution in [0.25, 0.3) is 0 Å². The molecule has 0 heterocycles. The molecule has 0 amide bonds. The molecule has 0 radical (unpaired) electrons. The molecule has 0 saturated heterocycles. The molecule has 0 bridgehead atoms. The summed E-state index contributed by atoms with van der Waals surface area (Å²) < 4.78 is 0. The van der Waals surface area contributed by atoms with Crippen molar-refractivity contribution in [2.45, 2.75) is 34.6 Å². The maximum atomic E-state index is 2.28. The second-order valence-electron chi connectivity index (χ2n) is 3.34. The van der Waals surface area contributed by atoms with Crippen LogP contribution >= 0.6 is 0 Å². The Morgan fingerprint density at radius 3 is 1.18 bits per heavy atom. The molecule has 0 fully saturated rings. The van der Waals surface area contributed by atoms with Crippen LogP contribution in [0, 0.1) is 5.92 Å². The molecule has 0 N–H and O–H groups in total. The van der Waals surface area contributed by atoms with Crippen LogP contribution in [-0.2, 0) is 0 Å². The Kier molecular flexibility index (Phi) is 4.39. The standard InChI is InChI=1S/C10H16.Ca.2H/c1-6-7(2)9(4)10(5)8(6)3;;;/h6H,1-5H3;;;. The van der Waals surface area contributed by atoms with Crippen LogP contribution in [0.15, 0.2) is 22.3 Å². The molecule has 0 atom stereocenters. The van der Waals surface area contributed by atoms with Crippen molar-refractivity contribution in [3.05, 3.63) is 22.3 Å². The van der Waals surface area contributed by atoms with Crippen molar-refractivity contribution < 1.29 is 0 Å². The zero-order valence-corrected chi connectivity index (χ0v) is 7.58. The first kappa shape index (κ1) is 11.7. The van der Waals surface area contributed by atoms with E-state index >= 15 is 0 Å². The fourth-order valence-electron chi connectivity index (χ4n) is 1.57. The molecule has 11 heavy (non-hydrogen) atoms. The van der Waals surface area contributed by atoms with Gasteiger partial charge in [-0.1, -0.05) is 18.1 Å². The number of allylic oxidation sites excluding steroid dienone is 4.